The second-order valence-electron chi connectivity index (χ2n) is 7.27. The lowest BCUT2D eigenvalue weighted by Gasteiger charge is -2.46. The molecule has 1 aliphatic heterocycles. The van der Waals surface area contributed by atoms with Crippen LogP contribution in [0.2, 0.25) is 0 Å². The zero-order chi connectivity index (χ0) is 14.9. The standard InChI is InChI=1S/C16H27NO3/c1-5-20-15(19)13-12-8-11(16(2,3)4)7-6-10(12)9-17-14(13)18/h10-13H,5-9H2,1-4H3,(H,17,18)/t10?,11-,12?,13-/m1/s1. The summed E-state index contributed by atoms with van der Waals surface area (Å²) in [7, 11) is 0. The molecule has 4 nitrogen and oxygen atoms in total. The van der Waals surface area contributed by atoms with Gasteiger partial charge in [-0.05, 0) is 49.4 Å². The van der Waals surface area contributed by atoms with E-state index in [1.807, 2.05) is 0 Å². The Labute approximate surface area is 121 Å². The summed E-state index contributed by atoms with van der Waals surface area (Å²) in [4.78, 5) is 24.2. The number of hydrogen-bond acceptors (Lipinski definition) is 3. The van der Waals surface area contributed by atoms with Crippen molar-refractivity contribution in [2.24, 2.45) is 29.1 Å². The number of ether oxygens (including phenoxy) is 1. The fourth-order valence-electron chi connectivity index (χ4n) is 3.77. The Bertz CT molecular complexity index is 386. The zero-order valence-electron chi connectivity index (χ0n) is 13.1. The Balaban J connectivity index is 2.17. The number of esters is 1. The van der Waals surface area contributed by atoms with E-state index in [1.165, 1.54) is 6.42 Å². The highest BCUT2D eigenvalue weighted by Gasteiger charge is 2.48. The molecule has 0 aromatic carbocycles. The van der Waals surface area contributed by atoms with Gasteiger partial charge in [-0.3, -0.25) is 9.59 Å². The first kappa shape index (κ1) is 15.3. The molecule has 2 aliphatic rings. The highest BCUT2D eigenvalue weighted by Crippen LogP contribution is 2.46. The molecule has 1 saturated heterocycles. The third-order valence-corrected chi connectivity index (χ3v) is 5.06. The topological polar surface area (TPSA) is 55.4 Å². The molecule has 114 valence electrons. The average Bonchev–Trinajstić information content (AvgIpc) is 2.37. The minimum absolute atomic E-state index is 0.140. The van der Waals surface area contributed by atoms with Gasteiger partial charge in [0.05, 0.1) is 6.61 Å². The SMILES string of the molecule is CCOC(=O)[C@H]1C(=O)NCC2CC[C@@H](C(C)(C)C)CC21. The maximum Gasteiger partial charge on any atom is 0.318 e. The summed E-state index contributed by atoms with van der Waals surface area (Å²) in [5.41, 5.74) is 0.234. The maximum absolute atomic E-state index is 12.1. The van der Waals surface area contributed by atoms with Crippen molar-refractivity contribution in [3.8, 4) is 0 Å². The summed E-state index contributed by atoms with van der Waals surface area (Å²) in [6, 6.07) is 0. The van der Waals surface area contributed by atoms with Crippen LogP contribution in [0.15, 0.2) is 0 Å². The van der Waals surface area contributed by atoms with E-state index < -0.39 is 5.92 Å². The van der Waals surface area contributed by atoms with Crippen LogP contribution in [0.5, 0.6) is 0 Å². The van der Waals surface area contributed by atoms with Crippen LogP contribution in [0.25, 0.3) is 0 Å². The lowest BCUT2D eigenvalue weighted by atomic mass is 9.61. The van der Waals surface area contributed by atoms with Crippen molar-refractivity contribution >= 4 is 11.9 Å². The highest BCUT2D eigenvalue weighted by molar-refractivity contribution is 5.98. The van der Waals surface area contributed by atoms with E-state index >= 15 is 0 Å². The Hall–Kier alpha value is -1.06. The maximum atomic E-state index is 12.1. The van der Waals surface area contributed by atoms with Crippen molar-refractivity contribution in [1.29, 1.82) is 0 Å². The van der Waals surface area contributed by atoms with Crippen molar-refractivity contribution in [3.63, 3.8) is 0 Å². The molecule has 4 atom stereocenters. The minimum atomic E-state index is -0.598. The fraction of sp³-hybridized carbons (Fsp3) is 0.875. The predicted molar refractivity (Wildman–Crippen MR) is 76.9 cm³/mol. The summed E-state index contributed by atoms with van der Waals surface area (Å²) >= 11 is 0. The van der Waals surface area contributed by atoms with Crippen LogP contribution in [0, 0.1) is 29.1 Å². The van der Waals surface area contributed by atoms with Gasteiger partial charge in [-0.1, -0.05) is 20.8 Å². The molecular weight excluding hydrogens is 254 g/mol. The van der Waals surface area contributed by atoms with Gasteiger partial charge in [-0.25, -0.2) is 0 Å². The molecule has 4 heteroatoms. The van der Waals surface area contributed by atoms with Crippen molar-refractivity contribution < 1.29 is 14.3 Å². The van der Waals surface area contributed by atoms with Crippen molar-refractivity contribution in [2.45, 2.75) is 47.0 Å². The van der Waals surface area contributed by atoms with Crippen LogP contribution in [0.3, 0.4) is 0 Å². The molecule has 0 spiro atoms. The normalized spacial score (nSPS) is 34.1. The molecular formula is C16H27NO3. The third kappa shape index (κ3) is 2.99. The van der Waals surface area contributed by atoms with Crippen molar-refractivity contribution in [1.82, 2.24) is 5.32 Å². The van der Waals surface area contributed by atoms with Crippen LogP contribution >= 0.6 is 0 Å². The van der Waals surface area contributed by atoms with E-state index in [0.29, 0.717) is 18.4 Å². The molecule has 20 heavy (non-hydrogen) atoms. The molecule has 1 N–H and O–H groups in total. The second kappa shape index (κ2) is 5.74. The predicted octanol–water partition coefficient (Wildman–Crippen LogP) is 2.37. The van der Waals surface area contributed by atoms with E-state index in [1.54, 1.807) is 6.92 Å². The summed E-state index contributed by atoms with van der Waals surface area (Å²) in [5.74, 6) is 0.0837. The Morgan fingerprint density at radius 1 is 1.35 bits per heavy atom. The van der Waals surface area contributed by atoms with E-state index in [0.717, 1.165) is 19.4 Å². The number of amides is 1. The number of carbonyl (C=O) groups excluding carboxylic acids is 2. The van der Waals surface area contributed by atoms with Crippen LogP contribution < -0.4 is 5.32 Å². The molecule has 1 saturated carbocycles. The van der Waals surface area contributed by atoms with Crippen molar-refractivity contribution in [2.75, 3.05) is 13.2 Å². The number of fused-ring (bicyclic) bond motifs is 1. The molecule has 0 bridgehead atoms. The zero-order valence-corrected chi connectivity index (χ0v) is 13.1. The number of rotatable bonds is 2. The second-order valence-corrected chi connectivity index (χ2v) is 7.27. The number of carbonyl (C=O) groups is 2. The summed E-state index contributed by atoms with van der Waals surface area (Å²) < 4.78 is 5.12. The first-order chi connectivity index (χ1) is 9.34. The molecule has 0 radical (unpaired) electrons. The van der Waals surface area contributed by atoms with Gasteiger partial charge in [0.15, 0.2) is 0 Å². The van der Waals surface area contributed by atoms with Gasteiger partial charge in [0.1, 0.15) is 5.92 Å². The largest absolute Gasteiger partial charge is 0.465 e. The van der Waals surface area contributed by atoms with Crippen LogP contribution in [0.1, 0.15) is 47.0 Å². The number of piperidine rings is 1. The monoisotopic (exact) mass is 281 g/mol. The average molecular weight is 281 g/mol. The summed E-state index contributed by atoms with van der Waals surface area (Å²) in [5, 5.41) is 2.88. The van der Waals surface area contributed by atoms with E-state index in [-0.39, 0.29) is 23.2 Å². The molecule has 0 aromatic rings. The van der Waals surface area contributed by atoms with Gasteiger partial charge in [-0.15, -0.1) is 0 Å². The summed E-state index contributed by atoms with van der Waals surface area (Å²) in [6.07, 6.45) is 3.25. The number of nitrogens with one attached hydrogen (secondary N) is 1. The quantitative estimate of drug-likeness (QED) is 0.624. The fourth-order valence-corrected chi connectivity index (χ4v) is 3.77. The first-order valence-corrected chi connectivity index (χ1v) is 7.79. The van der Waals surface area contributed by atoms with Gasteiger partial charge in [-0.2, -0.15) is 0 Å². The minimum Gasteiger partial charge on any atom is -0.465 e. The van der Waals surface area contributed by atoms with E-state index in [9.17, 15) is 9.59 Å². The molecule has 1 heterocycles. The third-order valence-electron chi connectivity index (χ3n) is 5.06. The lowest BCUT2D eigenvalue weighted by Crippen LogP contribution is -2.53. The van der Waals surface area contributed by atoms with E-state index in [2.05, 4.69) is 26.1 Å². The van der Waals surface area contributed by atoms with Gasteiger partial charge in [0, 0.05) is 6.54 Å². The molecule has 0 aromatic heterocycles. The highest BCUT2D eigenvalue weighted by atomic mass is 16.5. The van der Waals surface area contributed by atoms with Crippen LogP contribution in [-0.4, -0.2) is 25.0 Å². The Kier molecular flexibility index (Phi) is 4.40. The van der Waals surface area contributed by atoms with Crippen LogP contribution in [0.4, 0.5) is 0 Å². The van der Waals surface area contributed by atoms with Gasteiger partial charge < -0.3 is 10.1 Å². The number of hydrogen-bond donors (Lipinski definition) is 1. The molecule has 1 amide bonds. The van der Waals surface area contributed by atoms with Gasteiger partial charge >= 0.3 is 5.97 Å². The molecule has 1 aliphatic carbocycles. The van der Waals surface area contributed by atoms with Gasteiger partial charge in [0.25, 0.3) is 0 Å². The Morgan fingerprint density at radius 2 is 2.05 bits per heavy atom. The van der Waals surface area contributed by atoms with E-state index in [4.69, 9.17) is 4.74 Å². The Morgan fingerprint density at radius 3 is 2.65 bits per heavy atom. The lowest BCUT2D eigenvalue weighted by molar-refractivity contribution is -0.159. The molecule has 2 unspecified atom stereocenters. The van der Waals surface area contributed by atoms with Crippen molar-refractivity contribution in [3.05, 3.63) is 0 Å². The van der Waals surface area contributed by atoms with Crippen LogP contribution in [-0.2, 0) is 14.3 Å². The molecule has 2 fully saturated rings. The molecule has 2 rings (SSSR count). The first-order valence-electron chi connectivity index (χ1n) is 7.79. The summed E-state index contributed by atoms with van der Waals surface area (Å²) in [6.45, 7) is 9.59. The van der Waals surface area contributed by atoms with Gasteiger partial charge in [0.2, 0.25) is 5.91 Å². The smallest absolute Gasteiger partial charge is 0.318 e.